The van der Waals surface area contributed by atoms with Gasteiger partial charge in [-0.25, -0.2) is 4.98 Å². The molecule has 3 aromatic heterocycles. The highest BCUT2D eigenvalue weighted by Crippen LogP contribution is 2.29. The Hall–Kier alpha value is -3.91. The molecule has 0 saturated carbocycles. The third kappa shape index (κ3) is 9.80. The number of hydrogen-bond acceptors (Lipinski definition) is 7. The van der Waals surface area contributed by atoms with Gasteiger partial charge in [0.25, 0.3) is 0 Å². The topological polar surface area (TPSA) is 102 Å². The van der Waals surface area contributed by atoms with Gasteiger partial charge in [-0.3, -0.25) is 9.78 Å². The fourth-order valence-electron chi connectivity index (χ4n) is 5.17. The number of nitrogens with zero attached hydrogens (tertiary/aromatic N) is 5. The summed E-state index contributed by atoms with van der Waals surface area (Å²) in [7, 11) is -2.52. The first-order valence-electron chi connectivity index (χ1n) is 16.3. The number of benzene rings is 2. The summed E-state index contributed by atoms with van der Waals surface area (Å²) in [6.07, 6.45) is 4.31. The van der Waals surface area contributed by atoms with E-state index in [0.717, 1.165) is 62.4 Å². The Bertz CT molecular complexity index is 1790. The zero-order valence-electron chi connectivity index (χ0n) is 28.5. The molecule has 0 aliphatic heterocycles. The fraction of sp³-hybridized carbons (Fsp3) is 0.389. The van der Waals surface area contributed by atoms with Crippen molar-refractivity contribution in [2.24, 2.45) is 0 Å². The van der Waals surface area contributed by atoms with Crippen molar-refractivity contribution in [3.05, 3.63) is 89.9 Å². The predicted molar refractivity (Wildman–Crippen MR) is 195 cm³/mol. The van der Waals surface area contributed by atoms with Crippen molar-refractivity contribution >= 4 is 44.5 Å². The van der Waals surface area contributed by atoms with Crippen molar-refractivity contribution in [1.29, 1.82) is 0 Å². The molecular weight excluding hydrogens is 623 g/mol. The molecule has 5 aromatic rings. The molecule has 9 nitrogen and oxygen atoms in total. The second-order valence-electron chi connectivity index (χ2n) is 14.6. The lowest BCUT2D eigenvalue weighted by Gasteiger charge is -2.27. The van der Waals surface area contributed by atoms with Crippen LogP contribution in [0, 0.1) is 0 Å². The third-order valence-electron chi connectivity index (χ3n) is 7.98. The minimum atomic E-state index is -1.26. The number of ether oxygens (including phenoxy) is 2. The molecule has 0 aliphatic carbocycles. The monoisotopic (exact) mass is 669 g/mol. The van der Waals surface area contributed by atoms with E-state index in [2.05, 4.69) is 62.4 Å². The van der Waals surface area contributed by atoms with Gasteiger partial charge in [0.1, 0.15) is 19.3 Å². The lowest BCUT2D eigenvalue weighted by molar-refractivity contribution is -0.136. The van der Waals surface area contributed by atoms with Crippen LogP contribution in [0.25, 0.3) is 27.7 Å². The standard InChI is InChI=1S/C36H47N5O4Si2/c1-46(2,3)17-15-44-25-40(26-45-16-18-47(4,5)6)34-22-31(19-27-11-13-28(14-12-27)20-35(42)43)39-36-32(24-38-41(34)36)30-21-29-9-7-8-10-33(29)37-23-30/h7-14,21-24H,15-20,25-26H2,1-6H3,(H,42,43). The summed E-state index contributed by atoms with van der Waals surface area (Å²) in [6, 6.07) is 22.1. The maximum absolute atomic E-state index is 11.2. The van der Waals surface area contributed by atoms with E-state index in [1.165, 1.54) is 0 Å². The SMILES string of the molecule is C[Si](C)(C)CCOCN(COCC[Si](C)(C)C)c1cc(Cc2ccc(CC(=O)O)cc2)nc2c(-c3cnc4ccccc4c3)cnn12. The number of anilines is 1. The molecular formula is C36H47N5O4Si2. The van der Waals surface area contributed by atoms with Crippen molar-refractivity contribution < 1.29 is 19.4 Å². The Morgan fingerprint density at radius 1 is 0.851 bits per heavy atom. The first-order valence-corrected chi connectivity index (χ1v) is 23.7. The molecule has 11 heteroatoms. The quantitative estimate of drug-likeness (QED) is 0.0652. The van der Waals surface area contributed by atoms with Gasteiger partial charge in [-0.1, -0.05) is 81.7 Å². The molecule has 0 saturated heterocycles. The highest BCUT2D eigenvalue weighted by molar-refractivity contribution is 6.76. The Labute approximate surface area is 279 Å². The number of aliphatic carboxylic acids is 1. The first kappa shape index (κ1) is 34.4. The van der Waals surface area contributed by atoms with Crippen LogP contribution in [-0.2, 0) is 27.1 Å². The molecule has 1 N–H and O–H groups in total. The number of aromatic nitrogens is 4. The average Bonchev–Trinajstić information content (AvgIpc) is 3.43. The molecule has 0 bridgehead atoms. The number of fused-ring (bicyclic) bond motifs is 2. The summed E-state index contributed by atoms with van der Waals surface area (Å²) in [4.78, 5) is 23.2. The predicted octanol–water partition coefficient (Wildman–Crippen LogP) is 7.59. The second-order valence-corrected chi connectivity index (χ2v) is 25.9. The number of carbonyl (C=O) groups is 1. The number of carboxylic acid groups (broad SMARTS) is 1. The van der Waals surface area contributed by atoms with Crippen LogP contribution in [0.4, 0.5) is 5.82 Å². The van der Waals surface area contributed by atoms with Gasteiger partial charge in [0, 0.05) is 64.6 Å². The number of carboxylic acids is 1. The highest BCUT2D eigenvalue weighted by Gasteiger charge is 2.20. The maximum Gasteiger partial charge on any atom is 0.307 e. The van der Waals surface area contributed by atoms with Crippen LogP contribution in [0.1, 0.15) is 16.8 Å². The summed E-state index contributed by atoms with van der Waals surface area (Å²) in [6.45, 7) is 16.2. The molecule has 5 rings (SSSR count). The smallest absolute Gasteiger partial charge is 0.307 e. The molecule has 0 atom stereocenters. The van der Waals surface area contributed by atoms with Crippen LogP contribution in [0.5, 0.6) is 0 Å². The maximum atomic E-state index is 11.2. The summed E-state index contributed by atoms with van der Waals surface area (Å²) >= 11 is 0. The average molecular weight is 670 g/mol. The van der Waals surface area contributed by atoms with Gasteiger partial charge in [-0.15, -0.1) is 0 Å². The fourth-order valence-corrected chi connectivity index (χ4v) is 6.68. The Morgan fingerprint density at radius 3 is 2.13 bits per heavy atom. The Balaban J connectivity index is 1.54. The molecule has 3 heterocycles. The molecule has 0 spiro atoms. The van der Waals surface area contributed by atoms with Crippen molar-refractivity contribution in [2.45, 2.75) is 64.2 Å². The van der Waals surface area contributed by atoms with Crippen molar-refractivity contribution in [3.63, 3.8) is 0 Å². The molecule has 0 radical (unpaired) electrons. The summed E-state index contributed by atoms with van der Waals surface area (Å²) in [5.41, 5.74) is 6.17. The summed E-state index contributed by atoms with van der Waals surface area (Å²) < 4.78 is 14.5. The lowest BCUT2D eigenvalue weighted by atomic mass is 10.1. The molecule has 47 heavy (non-hydrogen) atoms. The zero-order chi connectivity index (χ0) is 33.6. The van der Waals surface area contributed by atoms with Crippen molar-refractivity contribution in [3.8, 4) is 11.1 Å². The number of pyridine rings is 1. The van der Waals surface area contributed by atoms with Crippen LogP contribution < -0.4 is 4.90 Å². The van der Waals surface area contributed by atoms with E-state index in [1.54, 1.807) is 0 Å². The van der Waals surface area contributed by atoms with E-state index in [9.17, 15) is 9.90 Å². The summed E-state index contributed by atoms with van der Waals surface area (Å²) in [5.74, 6) is -0.00123. The minimum absolute atomic E-state index is 0.00200. The first-order chi connectivity index (χ1) is 22.3. The van der Waals surface area contributed by atoms with Gasteiger partial charge in [0.2, 0.25) is 0 Å². The van der Waals surface area contributed by atoms with E-state index < -0.39 is 22.1 Å². The highest BCUT2D eigenvalue weighted by atomic mass is 28.3. The molecule has 0 unspecified atom stereocenters. The number of para-hydroxylation sites is 1. The number of hydrogen-bond donors (Lipinski definition) is 1. The van der Waals surface area contributed by atoms with Crippen LogP contribution >= 0.6 is 0 Å². The van der Waals surface area contributed by atoms with Crippen LogP contribution in [0.3, 0.4) is 0 Å². The normalized spacial score (nSPS) is 12.2. The largest absolute Gasteiger partial charge is 0.481 e. The third-order valence-corrected chi connectivity index (χ3v) is 11.4. The molecule has 0 amide bonds. The van der Waals surface area contributed by atoms with Gasteiger partial charge in [-0.05, 0) is 35.3 Å². The number of rotatable bonds is 16. The molecule has 0 aliphatic rings. The molecule has 2 aromatic carbocycles. The van der Waals surface area contributed by atoms with E-state index in [0.29, 0.717) is 33.1 Å². The van der Waals surface area contributed by atoms with Crippen LogP contribution in [0.15, 0.2) is 73.1 Å². The van der Waals surface area contributed by atoms with Crippen molar-refractivity contribution in [2.75, 3.05) is 31.6 Å². The minimum Gasteiger partial charge on any atom is -0.481 e. The summed E-state index contributed by atoms with van der Waals surface area (Å²) in [5, 5.41) is 15.1. The van der Waals surface area contributed by atoms with E-state index in [1.807, 2.05) is 59.4 Å². The van der Waals surface area contributed by atoms with E-state index >= 15 is 0 Å². The van der Waals surface area contributed by atoms with Gasteiger partial charge >= 0.3 is 5.97 Å². The van der Waals surface area contributed by atoms with E-state index in [-0.39, 0.29) is 6.42 Å². The molecule has 248 valence electrons. The Morgan fingerprint density at radius 2 is 1.49 bits per heavy atom. The van der Waals surface area contributed by atoms with Gasteiger partial charge in [0.15, 0.2) is 5.65 Å². The Kier molecular flexibility index (Phi) is 10.9. The van der Waals surface area contributed by atoms with Gasteiger partial charge < -0.3 is 19.5 Å². The lowest BCUT2D eigenvalue weighted by Crippen LogP contribution is -2.33. The van der Waals surface area contributed by atoms with Crippen molar-refractivity contribution in [1.82, 2.24) is 19.6 Å². The van der Waals surface area contributed by atoms with E-state index in [4.69, 9.17) is 24.5 Å². The van der Waals surface area contributed by atoms with Crippen LogP contribution in [0.2, 0.25) is 51.4 Å². The van der Waals surface area contributed by atoms with Gasteiger partial charge in [-0.2, -0.15) is 9.61 Å². The second kappa shape index (κ2) is 14.9. The van der Waals surface area contributed by atoms with Crippen LogP contribution in [-0.4, -0.2) is 73.5 Å². The zero-order valence-corrected chi connectivity index (χ0v) is 30.5. The van der Waals surface area contributed by atoms with Gasteiger partial charge in [0.05, 0.1) is 23.8 Å². The molecule has 0 fully saturated rings.